The molecule has 0 aromatic carbocycles. The standard InChI is InChI=1S/C10H15N5OS/c1-17-5-7(2-3-16)14-9-8-4-13-15-10(8)12-6-11-9/h4,6-7,16H,2-3,5H2,1H3,(H2,11,12,13,14,15). The first-order valence-electron chi connectivity index (χ1n) is 5.35. The van der Waals surface area contributed by atoms with Crippen LogP contribution in [0.4, 0.5) is 5.82 Å². The largest absolute Gasteiger partial charge is 0.396 e. The van der Waals surface area contributed by atoms with E-state index >= 15 is 0 Å². The number of anilines is 1. The van der Waals surface area contributed by atoms with Crippen molar-refractivity contribution in [1.29, 1.82) is 0 Å². The molecule has 1 atom stereocenters. The molecule has 0 bridgehead atoms. The number of nitrogens with one attached hydrogen (secondary N) is 2. The van der Waals surface area contributed by atoms with Crippen molar-refractivity contribution < 1.29 is 5.11 Å². The SMILES string of the molecule is CSCC(CCO)Nc1ncnc2[nH]ncc12. The summed E-state index contributed by atoms with van der Waals surface area (Å²) in [5.74, 6) is 1.68. The lowest BCUT2D eigenvalue weighted by atomic mass is 10.2. The fourth-order valence-electron chi connectivity index (χ4n) is 1.63. The summed E-state index contributed by atoms with van der Waals surface area (Å²) in [5, 5.41) is 19.9. The number of aliphatic hydroxyl groups excluding tert-OH is 1. The zero-order chi connectivity index (χ0) is 12.1. The van der Waals surface area contributed by atoms with Gasteiger partial charge in [-0.15, -0.1) is 0 Å². The number of thioether (sulfide) groups is 1. The minimum atomic E-state index is 0.165. The van der Waals surface area contributed by atoms with Gasteiger partial charge < -0.3 is 10.4 Å². The third-order valence-electron chi connectivity index (χ3n) is 2.43. The molecule has 92 valence electrons. The maximum Gasteiger partial charge on any atom is 0.160 e. The molecule has 0 aliphatic heterocycles. The van der Waals surface area contributed by atoms with Gasteiger partial charge in [0.25, 0.3) is 0 Å². The summed E-state index contributed by atoms with van der Waals surface area (Å²) in [4.78, 5) is 8.29. The van der Waals surface area contributed by atoms with Crippen LogP contribution in [0.2, 0.25) is 0 Å². The molecule has 0 aliphatic rings. The molecule has 0 saturated heterocycles. The summed E-state index contributed by atoms with van der Waals surface area (Å²) >= 11 is 1.74. The zero-order valence-electron chi connectivity index (χ0n) is 9.55. The minimum absolute atomic E-state index is 0.165. The van der Waals surface area contributed by atoms with E-state index in [0.717, 1.165) is 22.6 Å². The van der Waals surface area contributed by atoms with Crippen LogP contribution in [-0.2, 0) is 0 Å². The van der Waals surface area contributed by atoms with Crippen LogP contribution in [0.15, 0.2) is 12.5 Å². The molecule has 0 fully saturated rings. The van der Waals surface area contributed by atoms with Gasteiger partial charge in [0.2, 0.25) is 0 Å². The van der Waals surface area contributed by atoms with Crippen molar-refractivity contribution in [1.82, 2.24) is 20.2 Å². The van der Waals surface area contributed by atoms with Crippen molar-refractivity contribution in [3.05, 3.63) is 12.5 Å². The molecule has 1 unspecified atom stereocenters. The Kier molecular flexibility index (Phi) is 4.16. The molecule has 0 aliphatic carbocycles. The smallest absolute Gasteiger partial charge is 0.160 e. The number of aromatic amines is 1. The van der Waals surface area contributed by atoms with Crippen LogP contribution in [0.25, 0.3) is 11.0 Å². The molecule has 0 amide bonds. The highest BCUT2D eigenvalue weighted by Crippen LogP contribution is 2.18. The topological polar surface area (TPSA) is 86.7 Å². The second kappa shape index (κ2) is 5.83. The molecule has 17 heavy (non-hydrogen) atoms. The van der Waals surface area contributed by atoms with Crippen molar-refractivity contribution in [2.75, 3.05) is 23.9 Å². The molecule has 0 radical (unpaired) electrons. The molecule has 2 rings (SSSR count). The summed E-state index contributed by atoms with van der Waals surface area (Å²) in [7, 11) is 0. The Labute approximate surface area is 103 Å². The van der Waals surface area contributed by atoms with E-state index in [9.17, 15) is 0 Å². The maximum absolute atomic E-state index is 9.01. The van der Waals surface area contributed by atoms with Crippen LogP contribution in [-0.4, -0.2) is 49.9 Å². The van der Waals surface area contributed by atoms with Gasteiger partial charge in [-0.25, -0.2) is 9.97 Å². The van der Waals surface area contributed by atoms with Gasteiger partial charge in [-0.2, -0.15) is 16.9 Å². The van der Waals surface area contributed by atoms with Crippen LogP contribution < -0.4 is 5.32 Å². The molecule has 2 aromatic heterocycles. The summed E-state index contributed by atoms with van der Waals surface area (Å²) in [5.41, 5.74) is 0.717. The first kappa shape index (κ1) is 12.1. The lowest BCUT2D eigenvalue weighted by Gasteiger charge is -2.17. The number of aromatic nitrogens is 4. The quantitative estimate of drug-likeness (QED) is 0.708. The van der Waals surface area contributed by atoms with Gasteiger partial charge in [0.15, 0.2) is 5.65 Å². The average molecular weight is 253 g/mol. The Morgan fingerprint density at radius 3 is 3.18 bits per heavy atom. The lowest BCUT2D eigenvalue weighted by molar-refractivity contribution is 0.282. The highest BCUT2D eigenvalue weighted by molar-refractivity contribution is 7.98. The Bertz CT molecular complexity index is 468. The Morgan fingerprint density at radius 1 is 1.53 bits per heavy atom. The van der Waals surface area contributed by atoms with Crippen LogP contribution in [0.1, 0.15) is 6.42 Å². The lowest BCUT2D eigenvalue weighted by Crippen LogP contribution is -2.24. The van der Waals surface area contributed by atoms with Gasteiger partial charge in [0, 0.05) is 18.4 Å². The third kappa shape index (κ3) is 2.86. The third-order valence-corrected chi connectivity index (χ3v) is 3.17. The van der Waals surface area contributed by atoms with Crippen LogP contribution in [0.5, 0.6) is 0 Å². The fourth-order valence-corrected chi connectivity index (χ4v) is 2.28. The summed E-state index contributed by atoms with van der Waals surface area (Å²) in [6.07, 6.45) is 5.94. The van der Waals surface area contributed by atoms with E-state index in [0.29, 0.717) is 6.42 Å². The monoisotopic (exact) mass is 253 g/mol. The normalized spacial score (nSPS) is 12.8. The Hall–Kier alpha value is -1.34. The second-order valence-corrected chi connectivity index (χ2v) is 4.57. The van der Waals surface area contributed by atoms with Crippen LogP contribution >= 0.6 is 11.8 Å². The fraction of sp³-hybridized carbons (Fsp3) is 0.500. The zero-order valence-corrected chi connectivity index (χ0v) is 10.4. The van der Waals surface area contributed by atoms with Crippen LogP contribution in [0.3, 0.4) is 0 Å². The minimum Gasteiger partial charge on any atom is -0.396 e. The van der Waals surface area contributed by atoms with Crippen molar-refractivity contribution in [3.63, 3.8) is 0 Å². The molecule has 2 aromatic rings. The molecule has 3 N–H and O–H groups in total. The van der Waals surface area contributed by atoms with E-state index in [1.807, 2.05) is 6.26 Å². The molecule has 0 saturated carbocycles. The van der Waals surface area contributed by atoms with E-state index in [-0.39, 0.29) is 12.6 Å². The van der Waals surface area contributed by atoms with Crippen molar-refractivity contribution in [2.24, 2.45) is 0 Å². The van der Waals surface area contributed by atoms with E-state index in [4.69, 9.17) is 5.11 Å². The summed E-state index contributed by atoms with van der Waals surface area (Å²) in [6.45, 7) is 0.165. The Balaban J connectivity index is 2.18. The van der Waals surface area contributed by atoms with Gasteiger partial charge in [-0.05, 0) is 12.7 Å². The van der Waals surface area contributed by atoms with Crippen molar-refractivity contribution in [3.8, 4) is 0 Å². The molecular weight excluding hydrogens is 238 g/mol. The van der Waals surface area contributed by atoms with E-state index in [1.54, 1.807) is 18.0 Å². The highest BCUT2D eigenvalue weighted by atomic mass is 32.2. The number of hydrogen-bond donors (Lipinski definition) is 3. The number of fused-ring (bicyclic) bond motifs is 1. The molecule has 6 nitrogen and oxygen atoms in total. The van der Waals surface area contributed by atoms with E-state index < -0.39 is 0 Å². The molecule has 0 spiro atoms. The van der Waals surface area contributed by atoms with Crippen molar-refractivity contribution in [2.45, 2.75) is 12.5 Å². The average Bonchev–Trinajstić information content (AvgIpc) is 2.79. The number of hydrogen-bond acceptors (Lipinski definition) is 6. The molecule has 7 heteroatoms. The summed E-state index contributed by atoms with van der Waals surface area (Å²) < 4.78 is 0. The van der Waals surface area contributed by atoms with Gasteiger partial charge in [0.05, 0.1) is 11.6 Å². The number of aliphatic hydroxyl groups is 1. The van der Waals surface area contributed by atoms with Gasteiger partial charge >= 0.3 is 0 Å². The van der Waals surface area contributed by atoms with Gasteiger partial charge in [0.1, 0.15) is 12.1 Å². The van der Waals surface area contributed by atoms with E-state index in [1.165, 1.54) is 6.33 Å². The highest BCUT2D eigenvalue weighted by Gasteiger charge is 2.11. The van der Waals surface area contributed by atoms with E-state index in [2.05, 4.69) is 25.5 Å². The van der Waals surface area contributed by atoms with Gasteiger partial charge in [-0.1, -0.05) is 0 Å². The Morgan fingerprint density at radius 2 is 2.41 bits per heavy atom. The first-order chi connectivity index (χ1) is 8.35. The maximum atomic E-state index is 9.01. The predicted molar refractivity (Wildman–Crippen MR) is 69.2 cm³/mol. The first-order valence-corrected chi connectivity index (χ1v) is 6.75. The number of nitrogens with zero attached hydrogens (tertiary/aromatic N) is 3. The molecular formula is C10H15N5OS. The molecule has 2 heterocycles. The number of rotatable bonds is 6. The van der Waals surface area contributed by atoms with Crippen molar-refractivity contribution >= 4 is 28.6 Å². The second-order valence-electron chi connectivity index (χ2n) is 3.66. The van der Waals surface area contributed by atoms with Crippen LogP contribution in [0, 0.1) is 0 Å². The summed E-state index contributed by atoms with van der Waals surface area (Å²) in [6, 6.07) is 0.197. The van der Waals surface area contributed by atoms with Gasteiger partial charge in [-0.3, -0.25) is 5.10 Å². The predicted octanol–water partition coefficient (Wildman–Crippen LogP) is 0.879. The number of H-pyrrole nitrogens is 1.